The highest BCUT2D eigenvalue weighted by Gasteiger charge is 2.38. The van der Waals surface area contributed by atoms with Crippen LogP contribution >= 0.6 is 0 Å². The summed E-state index contributed by atoms with van der Waals surface area (Å²) in [6.07, 6.45) is 4.73. The Kier molecular flexibility index (Phi) is 5.95. The Balaban J connectivity index is 1.67. The highest BCUT2D eigenvalue weighted by atomic mass is 32.2. The van der Waals surface area contributed by atoms with Crippen molar-refractivity contribution in [1.29, 1.82) is 0 Å². The first-order valence-electron chi connectivity index (χ1n) is 11.7. The highest BCUT2D eigenvalue weighted by molar-refractivity contribution is 7.92. The zero-order valence-corrected chi connectivity index (χ0v) is 20.5. The summed E-state index contributed by atoms with van der Waals surface area (Å²) in [5.74, 6) is 0.0789. The van der Waals surface area contributed by atoms with Gasteiger partial charge in [-0.2, -0.15) is 0 Å². The fraction of sp³-hybridized carbons (Fsp3) is 0.133. The SMILES string of the molecule is CCC1c2ccccc2-c2cc(C=Cc3ccccc3)ccc2N1S(=O)(=O)c1ccc(O)c(C)c1. The van der Waals surface area contributed by atoms with E-state index in [9.17, 15) is 13.5 Å². The molecule has 0 saturated carbocycles. The molecule has 4 nitrogen and oxygen atoms in total. The van der Waals surface area contributed by atoms with Gasteiger partial charge in [-0.15, -0.1) is 0 Å². The van der Waals surface area contributed by atoms with Crippen LogP contribution in [0.15, 0.2) is 95.9 Å². The molecule has 1 N–H and O–H groups in total. The zero-order valence-electron chi connectivity index (χ0n) is 19.7. The van der Waals surface area contributed by atoms with Gasteiger partial charge in [0.05, 0.1) is 16.6 Å². The molecule has 1 unspecified atom stereocenters. The molecular formula is C30H27NO3S. The smallest absolute Gasteiger partial charge is 0.264 e. The van der Waals surface area contributed by atoms with Crippen LogP contribution < -0.4 is 4.31 Å². The van der Waals surface area contributed by atoms with Crippen LogP contribution in [0.5, 0.6) is 5.75 Å². The molecule has 176 valence electrons. The summed E-state index contributed by atoms with van der Waals surface area (Å²) in [4.78, 5) is 0.171. The van der Waals surface area contributed by atoms with Crippen LogP contribution in [0.2, 0.25) is 0 Å². The van der Waals surface area contributed by atoms with Crippen molar-refractivity contribution in [2.45, 2.75) is 31.2 Å². The largest absolute Gasteiger partial charge is 0.508 e. The monoisotopic (exact) mass is 481 g/mol. The van der Waals surface area contributed by atoms with E-state index in [4.69, 9.17) is 0 Å². The molecule has 0 spiro atoms. The van der Waals surface area contributed by atoms with Gasteiger partial charge in [-0.1, -0.05) is 79.7 Å². The van der Waals surface area contributed by atoms with E-state index in [2.05, 4.69) is 18.2 Å². The Morgan fingerprint density at radius 1 is 0.829 bits per heavy atom. The van der Waals surface area contributed by atoms with Gasteiger partial charge < -0.3 is 5.11 Å². The third kappa shape index (κ3) is 4.13. The fourth-order valence-electron chi connectivity index (χ4n) is 4.73. The van der Waals surface area contributed by atoms with E-state index < -0.39 is 10.0 Å². The zero-order chi connectivity index (χ0) is 24.6. The van der Waals surface area contributed by atoms with Gasteiger partial charge in [-0.3, -0.25) is 4.31 Å². The number of fused-ring (bicyclic) bond motifs is 3. The molecule has 5 heteroatoms. The molecule has 35 heavy (non-hydrogen) atoms. The minimum Gasteiger partial charge on any atom is -0.508 e. The van der Waals surface area contributed by atoms with Crippen LogP contribution in [-0.4, -0.2) is 13.5 Å². The Morgan fingerprint density at radius 3 is 2.29 bits per heavy atom. The van der Waals surface area contributed by atoms with Crippen LogP contribution in [0.4, 0.5) is 5.69 Å². The van der Waals surface area contributed by atoms with Crippen molar-refractivity contribution in [2.24, 2.45) is 0 Å². The summed E-state index contributed by atoms with van der Waals surface area (Å²) in [7, 11) is -3.88. The average Bonchev–Trinajstić information content (AvgIpc) is 2.88. The van der Waals surface area contributed by atoms with Crippen LogP contribution in [-0.2, 0) is 10.0 Å². The predicted molar refractivity (Wildman–Crippen MR) is 143 cm³/mol. The summed E-state index contributed by atoms with van der Waals surface area (Å²) >= 11 is 0. The lowest BCUT2D eigenvalue weighted by Crippen LogP contribution is -2.37. The van der Waals surface area contributed by atoms with Gasteiger partial charge in [-0.25, -0.2) is 8.42 Å². The van der Waals surface area contributed by atoms with E-state index in [0.717, 1.165) is 27.8 Å². The van der Waals surface area contributed by atoms with Gasteiger partial charge in [0.25, 0.3) is 10.0 Å². The Hall–Kier alpha value is -3.83. The average molecular weight is 482 g/mol. The second kappa shape index (κ2) is 9.08. The van der Waals surface area contributed by atoms with Gasteiger partial charge >= 0.3 is 0 Å². The van der Waals surface area contributed by atoms with Crippen molar-refractivity contribution in [2.75, 3.05) is 4.31 Å². The van der Waals surface area contributed by atoms with Crippen LogP contribution in [0, 0.1) is 6.92 Å². The summed E-state index contributed by atoms with van der Waals surface area (Å²) < 4.78 is 29.6. The third-order valence-electron chi connectivity index (χ3n) is 6.53. The number of rotatable bonds is 5. The van der Waals surface area contributed by atoms with E-state index in [1.54, 1.807) is 11.2 Å². The third-order valence-corrected chi connectivity index (χ3v) is 8.35. The van der Waals surface area contributed by atoms with E-state index in [1.165, 1.54) is 18.2 Å². The molecule has 4 aromatic rings. The molecule has 5 rings (SSSR count). The highest BCUT2D eigenvalue weighted by Crippen LogP contribution is 2.48. The summed E-state index contributed by atoms with van der Waals surface area (Å²) in [6, 6.07) is 28.2. The van der Waals surface area contributed by atoms with Crippen LogP contribution in [0.25, 0.3) is 23.3 Å². The maximum absolute atomic E-state index is 14.0. The number of phenolic OH excluding ortho intramolecular Hbond substituents is 1. The number of benzene rings is 4. The maximum Gasteiger partial charge on any atom is 0.264 e. The van der Waals surface area contributed by atoms with Gasteiger partial charge in [0.1, 0.15) is 5.75 Å². The second-order valence-corrected chi connectivity index (χ2v) is 10.6. The molecule has 1 aliphatic heterocycles. The first-order valence-corrected chi connectivity index (χ1v) is 13.1. The summed E-state index contributed by atoms with van der Waals surface area (Å²) in [5, 5.41) is 9.95. The van der Waals surface area contributed by atoms with Crippen molar-refractivity contribution in [1.82, 2.24) is 0 Å². The lowest BCUT2D eigenvalue weighted by atomic mass is 9.88. The molecule has 1 atom stereocenters. The molecule has 1 aliphatic rings. The standard InChI is InChI=1S/C30H27NO3S/c1-3-28-26-12-8-7-11-25(26)27-20-23(14-13-22-9-5-4-6-10-22)15-17-29(27)31(28)35(33,34)24-16-18-30(32)21(2)19-24/h4-20,28,32H,3H2,1-2H3. The molecule has 0 radical (unpaired) electrons. The van der Waals surface area contributed by atoms with E-state index in [0.29, 0.717) is 17.7 Å². The molecule has 4 aromatic carbocycles. The van der Waals surface area contributed by atoms with Gasteiger partial charge in [0.2, 0.25) is 0 Å². The normalized spacial score (nSPS) is 15.1. The quantitative estimate of drug-likeness (QED) is 0.307. The lowest BCUT2D eigenvalue weighted by Gasteiger charge is -2.39. The topological polar surface area (TPSA) is 57.6 Å². The Labute approximate surface area is 206 Å². The van der Waals surface area contributed by atoms with Crippen molar-refractivity contribution >= 4 is 27.9 Å². The number of hydrogen-bond donors (Lipinski definition) is 1. The minimum absolute atomic E-state index is 0.0789. The van der Waals surface area contributed by atoms with E-state index >= 15 is 0 Å². The van der Waals surface area contributed by atoms with Crippen molar-refractivity contribution in [3.05, 3.63) is 113 Å². The van der Waals surface area contributed by atoms with Gasteiger partial charge in [0, 0.05) is 5.56 Å². The number of nitrogens with zero attached hydrogens (tertiary/aromatic N) is 1. The molecular weight excluding hydrogens is 454 g/mol. The van der Waals surface area contributed by atoms with E-state index in [-0.39, 0.29) is 16.7 Å². The van der Waals surface area contributed by atoms with Crippen molar-refractivity contribution < 1.29 is 13.5 Å². The molecule has 1 heterocycles. The molecule has 0 amide bonds. The maximum atomic E-state index is 14.0. The number of hydrogen-bond acceptors (Lipinski definition) is 3. The molecule has 0 saturated heterocycles. The number of aryl methyl sites for hydroxylation is 1. The summed E-state index contributed by atoms with van der Waals surface area (Å²) in [5.41, 5.74) is 6.22. The minimum atomic E-state index is -3.88. The molecule has 0 bridgehead atoms. The van der Waals surface area contributed by atoms with Gasteiger partial charge in [-0.05, 0) is 71.5 Å². The second-order valence-electron chi connectivity index (χ2n) is 8.78. The van der Waals surface area contributed by atoms with Crippen molar-refractivity contribution in [3.63, 3.8) is 0 Å². The van der Waals surface area contributed by atoms with E-state index in [1.807, 2.05) is 73.7 Å². The first kappa shape index (κ1) is 22.9. The lowest BCUT2D eigenvalue weighted by molar-refractivity contribution is 0.470. The number of anilines is 1. The Bertz CT molecular complexity index is 1520. The number of sulfonamides is 1. The fourth-order valence-corrected chi connectivity index (χ4v) is 6.54. The molecule has 0 aromatic heterocycles. The van der Waals surface area contributed by atoms with Gasteiger partial charge in [0.15, 0.2) is 0 Å². The van der Waals surface area contributed by atoms with Crippen LogP contribution in [0.1, 0.15) is 41.6 Å². The van der Waals surface area contributed by atoms with Crippen molar-refractivity contribution in [3.8, 4) is 16.9 Å². The van der Waals surface area contributed by atoms with Crippen LogP contribution in [0.3, 0.4) is 0 Å². The molecule has 0 aliphatic carbocycles. The summed E-state index contributed by atoms with van der Waals surface area (Å²) in [6.45, 7) is 3.71. The Morgan fingerprint density at radius 2 is 1.54 bits per heavy atom. The number of aromatic hydroxyl groups is 1. The predicted octanol–water partition coefficient (Wildman–Crippen LogP) is 7.20. The molecule has 0 fully saturated rings. The number of phenols is 1. The first-order chi connectivity index (χ1) is 16.9.